The summed E-state index contributed by atoms with van der Waals surface area (Å²) in [6, 6.07) is 31.5. The number of hydrogen-bond donors (Lipinski definition) is 0. The second-order valence-corrected chi connectivity index (χ2v) is 5.75. The van der Waals surface area contributed by atoms with Crippen LogP contribution in [0.2, 0.25) is 0 Å². The lowest BCUT2D eigenvalue weighted by Crippen LogP contribution is -1.87. The summed E-state index contributed by atoms with van der Waals surface area (Å²) in [6.45, 7) is 0. The van der Waals surface area contributed by atoms with Gasteiger partial charge in [-0.3, -0.25) is 0 Å². The molecule has 0 nitrogen and oxygen atoms in total. The third-order valence-corrected chi connectivity index (χ3v) is 4.52. The lowest BCUT2D eigenvalue weighted by Gasteiger charge is -2.13. The van der Waals surface area contributed by atoms with E-state index in [2.05, 4.69) is 84.9 Å². The molecule has 0 heterocycles. The van der Waals surface area contributed by atoms with Crippen molar-refractivity contribution in [2.24, 2.45) is 0 Å². The Morgan fingerprint density at radius 1 is 0.591 bits per heavy atom. The molecule has 0 saturated heterocycles. The smallest absolute Gasteiger partial charge is 0.00143 e. The zero-order valence-corrected chi connectivity index (χ0v) is 12.0. The van der Waals surface area contributed by atoms with Crippen molar-refractivity contribution in [3.05, 3.63) is 84.9 Å². The second-order valence-electron chi connectivity index (χ2n) is 5.75. The first-order valence-electron chi connectivity index (χ1n) is 7.55. The van der Waals surface area contributed by atoms with Crippen LogP contribution < -0.4 is 0 Å². The van der Waals surface area contributed by atoms with Crippen molar-refractivity contribution in [2.75, 3.05) is 0 Å². The zero-order valence-electron chi connectivity index (χ0n) is 12.0. The highest BCUT2D eigenvalue weighted by Gasteiger charge is 2.11. The Kier molecular flexibility index (Phi) is 2.31. The minimum atomic E-state index is 1.19. The van der Waals surface area contributed by atoms with Gasteiger partial charge in [0.15, 0.2) is 0 Å². The van der Waals surface area contributed by atoms with Crippen molar-refractivity contribution in [1.29, 1.82) is 0 Å². The van der Waals surface area contributed by atoms with Gasteiger partial charge in [-0.25, -0.2) is 0 Å². The van der Waals surface area contributed by atoms with Crippen molar-refractivity contribution in [3.63, 3.8) is 0 Å². The van der Waals surface area contributed by atoms with E-state index in [1.165, 1.54) is 43.4 Å². The van der Waals surface area contributed by atoms with Crippen LogP contribution in [0.25, 0.3) is 43.4 Å². The average molecular weight is 277 g/mol. The van der Waals surface area contributed by atoms with Gasteiger partial charge >= 0.3 is 0 Å². The van der Waals surface area contributed by atoms with Gasteiger partial charge in [0.05, 0.1) is 0 Å². The third kappa shape index (κ3) is 1.52. The van der Waals surface area contributed by atoms with E-state index in [9.17, 15) is 0 Å². The highest BCUT2D eigenvalue weighted by atomic mass is 14.1. The second kappa shape index (κ2) is 4.32. The molecule has 0 bridgehead atoms. The summed E-state index contributed by atoms with van der Waals surface area (Å²) >= 11 is 0. The SMILES string of the molecule is [c]1cc(-c2ccccc2)c2ccc3cccc4ccc1c2c43. The summed E-state index contributed by atoms with van der Waals surface area (Å²) in [6.07, 6.45) is 0. The van der Waals surface area contributed by atoms with Crippen molar-refractivity contribution < 1.29 is 0 Å². The van der Waals surface area contributed by atoms with E-state index >= 15 is 0 Å². The molecule has 0 atom stereocenters. The van der Waals surface area contributed by atoms with Gasteiger partial charge in [0.2, 0.25) is 0 Å². The Morgan fingerprint density at radius 2 is 1.36 bits per heavy atom. The van der Waals surface area contributed by atoms with E-state index in [0.717, 1.165) is 0 Å². The topological polar surface area (TPSA) is 0 Å². The quantitative estimate of drug-likeness (QED) is 0.327. The molecule has 101 valence electrons. The fourth-order valence-corrected chi connectivity index (χ4v) is 3.51. The zero-order chi connectivity index (χ0) is 14.5. The van der Waals surface area contributed by atoms with Crippen LogP contribution in [-0.4, -0.2) is 0 Å². The third-order valence-electron chi connectivity index (χ3n) is 4.52. The molecule has 0 unspecified atom stereocenters. The molecule has 0 aliphatic carbocycles. The molecule has 0 amide bonds. The Labute approximate surface area is 129 Å². The maximum atomic E-state index is 3.48. The molecule has 1 radical (unpaired) electrons. The first-order valence-corrected chi connectivity index (χ1v) is 7.55. The van der Waals surface area contributed by atoms with Crippen LogP contribution in [0.3, 0.4) is 0 Å². The van der Waals surface area contributed by atoms with Gasteiger partial charge in [0.1, 0.15) is 0 Å². The highest BCUT2D eigenvalue weighted by Crippen LogP contribution is 2.38. The first-order chi connectivity index (χ1) is 10.9. The van der Waals surface area contributed by atoms with E-state index < -0.39 is 0 Å². The molecule has 5 rings (SSSR count). The summed E-state index contributed by atoms with van der Waals surface area (Å²) in [7, 11) is 0. The van der Waals surface area contributed by atoms with Crippen LogP contribution in [0.5, 0.6) is 0 Å². The molecule has 0 N–H and O–H groups in total. The molecule has 0 heteroatoms. The predicted octanol–water partition coefficient (Wildman–Crippen LogP) is 6.05. The fourth-order valence-electron chi connectivity index (χ4n) is 3.51. The van der Waals surface area contributed by atoms with Crippen LogP contribution in [-0.2, 0) is 0 Å². The van der Waals surface area contributed by atoms with Crippen LogP contribution in [0.1, 0.15) is 0 Å². The molecule has 0 aliphatic rings. The highest BCUT2D eigenvalue weighted by molar-refractivity contribution is 6.25. The Bertz CT molecular complexity index is 1090. The molecular weight excluding hydrogens is 264 g/mol. The number of rotatable bonds is 1. The van der Waals surface area contributed by atoms with Crippen molar-refractivity contribution in [3.8, 4) is 11.1 Å². The molecule has 0 fully saturated rings. The number of benzene rings is 5. The minimum absolute atomic E-state index is 1.19. The van der Waals surface area contributed by atoms with Gasteiger partial charge in [0.25, 0.3) is 0 Å². The molecule has 0 aromatic heterocycles. The molecule has 0 aliphatic heterocycles. The predicted molar refractivity (Wildman–Crippen MR) is 94.4 cm³/mol. The Morgan fingerprint density at radius 3 is 2.18 bits per heavy atom. The van der Waals surface area contributed by atoms with Crippen molar-refractivity contribution in [2.45, 2.75) is 0 Å². The Balaban J connectivity index is 2.02. The molecule has 22 heavy (non-hydrogen) atoms. The van der Waals surface area contributed by atoms with Gasteiger partial charge in [-0.2, -0.15) is 0 Å². The summed E-state index contributed by atoms with van der Waals surface area (Å²) in [5.74, 6) is 0. The lowest BCUT2D eigenvalue weighted by molar-refractivity contribution is 1.66. The van der Waals surface area contributed by atoms with Crippen LogP contribution >= 0.6 is 0 Å². The average Bonchev–Trinajstić information content (AvgIpc) is 2.60. The maximum Gasteiger partial charge on any atom is -0.00143 e. The monoisotopic (exact) mass is 277 g/mol. The van der Waals surface area contributed by atoms with Gasteiger partial charge in [0, 0.05) is 0 Å². The molecule has 0 spiro atoms. The molecule has 5 aromatic carbocycles. The normalized spacial score (nSPS) is 11.6. The van der Waals surface area contributed by atoms with Crippen molar-refractivity contribution in [1.82, 2.24) is 0 Å². The van der Waals surface area contributed by atoms with E-state index in [1.54, 1.807) is 0 Å². The molecule has 5 aromatic rings. The molecule has 0 saturated carbocycles. The van der Waals surface area contributed by atoms with Crippen LogP contribution in [0, 0.1) is 6.07 Å². The van der Waals surface area contributed by atoms with Gasteiger partial charge in [-0.1, -0.05) is 72.8 Å². The summed E-state index contributed by atoms with van der Waals surface area (Å²) in [5.41, 5.74) is 2.50. The number of hydrogen-bond acceptors (Lipinski definition) is 0. The van der Waals surface area contributed by atoms with Crippen LogP contribution in [0.15, 0.2) is 78.9 Å². The Hall–Kier alpha value is -2.86. The minimum Gasteiger partial charge on any atom is -0.0622 e. The van der Waals surface area contributed by atoms with E-state index in [4.69, 9.17) is 0 Å². The van der Waals surface area contributed by atoms with Gasteiger partial charge in [-0.05, 0) is 55.6 Å². The van der Waals surface area contributed by atoms with E-state index in [1.807, 2.05) is 0 Å². The standard InChI is InChI=1S/C22H13/c1-2-5-15(6-3-1)19-13-11-18-10-9-16-7-4-8-17-12-14-20(19)22(18)21(16)17/h1-10,12-14H. The lowest BCUT2D eigenvalue weighted by atomic mass is 9.90. The van der Waals surface area contributed by atoms with Gasteiger partial charge in [-0.15, -0.1) is 0 Å². The van der Waals surface area contributed by atoms with E-state index in [0.29, 0.717) is 0 Å². The van der Waals surface area contributed by atoms with Crippen molar-refractivity contribution >= 4 is 32.3 Å². The summed E-state index contributed by atoms with van der Waals surface area (Å²) in [5, 5.41) is 7.79. The fraction of sp³-hybridized carbons (Fsp3) is 0. The first kappa shape index (κ1) is 11.8. The maximum absolute atomic E-state index is 3.48. The van der Waals surface area contributed by atoms with E-state index in [-0.39, 0.29) is 0 Å². The summed E-state index contributed by atoms with van der Waals surface area (Å²) in [4.78, 5) is 0. The molecular formula is C22H13. The van der Waals surface area contributed by atoms with Crippen LogP contribution in [0.4, 0.5) is 0 Å². The van der Waals surface area contributed by atoms with Gasteiger partial charge < -0.3 is 0 Å². The largest absolute Gasteiger partial charge is 0.0622 e. The summed E-state index contributed by atoms with van der Waals surface area (Å²) < 4.78 is 0.